The van der Waals surface area contributed by atoms with E-state index in [9.17, 15) is 9.59 Å². The van der Waals surface area contributed by atoms with Crippen LogP contribution in [0, 0.1) is 6.92 Å². The Morgan fingerprint density at radius 3 is 2.40 bits per heavy atom. The number of carbonyl (C=O) groups excluding carboxylic acids is 2. The SMILES string of the molecule is Cc1ccc(NNC(=O)C(=O)Nc2cccnc2)cc1. The summed E-state index contributed by atoms with van der Waals surface area (Å²) in [5, 5.41) is 2.43. The van der Waals surface area contributed by atoms with Crippen LogP contribution in [0.3, 0.4) is 0 Å². The van der Waals surface area contributed by atoms with Gasteiger partial charge in [0.2, 0.25) is 0 Å². The highest BCUT2D eigenvalue weighted by Crippen LogP contribution is 2.07. The zero-order valence-electron chi connectivity index (χ0n) is 10.9. The number of benzene rings is 1. The van der Waals surface area contributed by atoms with Crippen molar-refractivity contribution in [2.75, 3.05) is 10.7 Å². The fourth-order valence-electron chi connectivity index (χ4n) is 1.45. The minimum absolute atomic E-state index is 0.461. The van der Waals surface area contributed by atoms with Crippen LogP contribution in [0.2, 0.25) is 0 Å². The fraction of sp³-hybridized carbons (Fsp3) is 0.0714. The van der Waals surface area contributed by atoms with Gasteiger partial charge in [0.15, 0.2) is 0 Å². The molecule has 0 saturated carbocycles. The molecule has 102 valence electrons. The van der Waals surface area contributed by atoms with Crippen molar-refractivity contribution in [3.05, 3.63) is 54.4 Å². The summed E-state index contributed by atoms with van der Waals surface area (Å²) in [6.45, 7) is 1.96. The van der Waals surface area contributed by atoms with Crippen molar-refractivity contribution in [1.82, 2.24) is 10.4 Å². The average Bonchev–Trinajstić information content (AvgIpc) is 2.47. The second-order valence-corrected chi connectivity index (χ2v) is 4.14. The maximum absolute atomic E-state index is 11.6. The molecule has 0 aliphatic heterocycles. The number of nitrogens with zero attached hydrogens (tertiary/aromatic N) is 1. The summed E-state index contributed by atoms with van der Waals surface area (Å²) in [4.78, 5) is 27.0. The van der Waals surface area contributed by atoms with Crippen LogP contribution < -0.4 is 16.2 Å². The van der Waals surface area contributed by atoms with Gasteiger partial charge in [-0.2, -0.15) is 0 Å². The molecule has 0 spiro atoms. The van der Waals surface area contributed by atoms with E-state index in [4.69, 9.17) is 0 Å². The topological polar surface area (TPSA) is 83.1 Å². The number of aryl methyl sites for hydroxylation is 1. The highest BCUT2D eigenvalue weighted by atomic mass is 16.2. The summed E-state index contributed by atoms with van der Waals surface area (Å²) in [6.07, 6.45) is 3.03. The Bertz CT molecular complexity index is 596. The number of aromatic nitrogens is 1. The zero-order valence-corrected chi connectivity index (χ0v) is 10.9. The Balaban J connectivity index is 1.85. The third kappa shape index (κ3) is 3.81. The molecular formula is C14H14N4O2. The van der Waals surface area contributed by atoms with E-state index in [-0.39, 0.29) is 0 Å². The van der Waals surface area contributed by atoms with E-state index >= 15 is 0 Å². The van der Waals surface area contributed by atoms with Crippen molar-refractivity contribution in [1.29, 1.82) is 0 Å². The number of pyridine rings is 1. The first-order valence-electron chi connectivity index (χ1n) is 5.99. The second kappa shape index (κ2) is 6.33. The molecule has 2 aromatic rings. The molecule has 0 aliphatic carbocycles. The van der Waals surface area contributed by atoms with Crippen LogP contribution in [0.25, 0.3) is 0 Å². The average molecular weight is 270 g/mol. The largest absolute Gasteiger partial charge is 0.327 e. The summed E-state index contributed by atoms with van der Waals surface area (Å²) in [5.74, 6) is -1.55. The van der Waals surface area contributed by atoms with Crippen LogP contribution in [0.1, 0.15) is 5.56 Å². The molecule has 1 aromatic heterocycles. The van der Waals surface area contributed by atoms with Gasteiger partial charge in [-0.25, -0.2) is 0 Å². The molecule has 1 aromatic carbocycles. The number of rotatable bonds is 3. The van der Waals surface area contributed by atoms with Gasteiger partial charge in [-0.3, -0.25) is 25.4 Å². The molecule has 0 fully saturated rings. The Kier molecular flexibility index (Phi) is 4.28. The molecule has 20 heavy (non-hydrogen) atoms. The van der Waals surface area contributed by atoms with Crippen molar-refractivity contribution in [3.63, 3.8) is 0 Å². The van der Waals surface area contributed by atoms with Gasteiger partial charge in [0.05, 0.1) is 17.6 Å². The molecule has 3 N–H and O–H groups in total. The van der Waals surface area contributed by atoms with Crippen molar-refractivity contribution in [2.24, 2.45) is 0 Å². The summed E-state index contributed by atoms with van der Waals surface area (Å²) in [6, 6.07) is 10.7. The van der Waals surface area contributed by atoms with Crippen LogP contribution in [0.5, 0.6) is 0 Å². The highest BCUT2D eigenvalue weighted by Gasteiger charge is 2.13. The van der Waals surface area contributed by atoms with Crippen molar-refractivity contribution in [2.45, 2.75) is 6.92 Å². The van der Waals surface area contributed by atoms with Crippen LogP contribution in [0.15, 0.2) is 48.8 Å². The summed E-state index contributed by atoms with van der Waals surface area (Å²) < 4.78 is 0. The predicted molar refractivity (Wildman–Crippen MR) is 75.8 cm³/mol. The Labute approximate surface area is 116 Å². The number of anilines is 2. The lowest BCUT2D eigenvalue weighted by Crippen LogP contribution is -2.38. The maximum Gasteiger partial charge on any atom is 0.327 e. The second-order valence-electron chi connectivity index (χ2n) is 4.14. The van der Waals surface area contributed by atoms with E-state index in [1.807, 2.05) is 19.1 Å². The third-order valence-electron chi connectivity index (χ3n) is 2.50. The third-order valence-corrected chi connectivity index (χ3v) is 2.50. The number of hydrogen-bond donors (Lipinski definition) is 3. The van der Waals surface area contributed by atoms with E-state index in [1.54, 1.807) is 30.5 Å². The maximum atomic E-state index is 11.6. The van der Waals surface area contributed by atoms with Gasteiger partial charge in [0.1, 0.15) is 0 Å². The molecule has 0 bridgehead atoms. The van der Waals surface area contributed by atoms with Crippen molar-refractivity contribution < 1.29 is 9.59 Å². The minimum atomic E-state index is -0.783. The van der Waals surface area contributed by atoms with Gasteiger partial charge < -0.3 is 5.32 Å². The quantitative estimate of drug-likeness (QED) is 0.582. The standard InChI is InChI=1S/C14H14N4O2/c1-10-4-6-11(7-5-10)17-18-14(20)13(19)16-12-3-2-8-15-9-12/h2-9,17H,1H3,(H,16,19)(H,18,20). The predicted octanol–water partition coefficient (Wildman–Crippen LogP) is 1.47. The molecule has 0 radical (unpaired) electrons. The molecule has 0 unspecified atom stereocenters. The molecular weight excluding hydrogens is 256 g/mol. The van der Waals surface area contributed by atoms with Crippen molar-refractivity contribution >= 4 is 23.2 Å². The number of carbonyl (C=O) groups is 2. The van der Waals surface area contributed by atoms with Gasteiger partial charge in [0, 0.05) is 6.20 Å². The van der Waals surface area contributed by atoms with Crippen LogP contribution in [-0.2, 0) is 9.59 Å². The molecule has 2 amide bonds. The lowest BCUT2D eigenvalue weighted by atomic mass is 10.2. The Morgan fingerprint density at radius 2 is 1.75 bits per heavy atom. The van der Waals surface area contributed by atoms with E-state index in [2.05, 4.69) is 21.2 Å². The van der Waals surface area contributed by atoms with E-state index in [1.165, 1.54) is 6.20 Å². The van der Waals surface area contributed by atoms with Gasteiger partial charge in [0.25, 0.3) is 0 Å². The summed E-state index contributed by atoms with van der Waals surface area (Å²) in [5.41, 5.74) is 7.24. The molecule has 2 rings (SSSR count). The van der Waals surface area contributed by atoms with Gasteiger partial charge in [-0.15, -0.1) is 0 Å². The molecule has 6 nitrogen and oxygen atoms in total. The first-order valence-corrected chi connectivity index (χ1v) is 5.99. The first kappa shape index (κ1) is 13.5. The summed E-state index contributed by atoms with van der Waals surface area (Å²) in [7, 11) is 0. The zero-order chi connectivity index (χ0) is 14.4. The Morgan fingerprint density at radius 1 is 1.00 bits per heavy atom. The van der Waals surface area contributed by atoms with Crippen LogP contribution in [-0.4, -0.2) is 16.8 Å². The van der Waals surface area contributed by atoms with E-state index in [0.29, 0.717) is 11.4 Å². The summed E-state index contributed by atoms with van der Waals surface area (Å²) >= 11 is 0. The van der Waals surface area contributed by atoms with Crippen LogP contribution in [0.4, 0.5) is 11.4 Å². The Hall–Kier alpha value is -2.89. The van der Waals surface area contributed by atoms with Crippen molar-refractivity contribution in [3.8, 4) is 0 Å². The number of amides is 2. The first-order chi connectivity index (χ1) is 9.65. The molecule has 0 saturated heterocycles. The van der Waals surface area contributed by atoms with Gasteiger partial charge in [-0.1, -0.05) is 17.7 Å². The number of nitrogens with one attached hydrogen (secondary N) is 3. The molecule has 0 atom stereocenters. The minimum Gasteiger partial charge on any atom is -0.316 e. The number of hydrogen-bond acceptors (Lipinski definition) is 4. The van der Waals surface area contributed by atoms with E-state index < -0.39 is 11.8 Å². The monoisotopic (exact) mass is 270 g/mol. The lowest BCUT2D eigenvalue weighted by molar-refractivity contribution is -0.135. The van der Waals surface area contributed by atoms with Gasteiger partial charge in [-0.05, 0) is 31.2 Å². The normalized spacial score (nSPS) is 9.65. The van der Waals surface area contributed by atoms with Gasteiger partial charge >= 0.3 is 11.8 Å². The molecule has 0 aliphatic rings. The van der Waals surface area contributed by atoms with E-state index in [0.717, 1.165) is 5.56 Å². The number of hydrazine groups is 1. The van der Waals surface area contributed by atoms with Crippen LogP contribution >= 0.6 is 0 Å². The smallest absolute Gasteiger partial charge is 0.316 e. The fourth-order valence-corrected chi connectivity index (χ4v) is 1.45. The highest BCUT2D eigenvalue weighted by molar-refractivity contribution is 6.39. The molecule has 1 heterocycles. The lowest BCUT2D eigenvalue weighted by Gasteiger charge is -2.08. The molecule has 6 heteroatoms.